The van der Waals surface area contributed by atoms with Crippen LogP contribution in [0.1, 0.15) is 6.42 Å². The van der Waals surface area contributed by atoms with Crippen molar-refractivity contribution in [3.8, 4) is 0 Å². The van der Waals surface area contributed by atoms with Gasteiger partial charge in [0.15, 0.2) is 0 Å². The van der Waals surface area contributed by atoms with E-state index in [1.54, 1.807) is 16.8 Å². The third kappa shape index (κ3) is 3.18. The minimum absolute atomic E-state index is 0.0266. The van der Waals surface area contributed by atoms with E-state index in [1.807, 2.05) is 0 Å². The molecule has 1 aliphatic rings. The summed E-state index contributed by atoms with van der Waals surface area (Å²) in [6.07, 6.45) is -0.0217. The van der Waals surface area contributed by atoms with Crippen LogP contribution in [0.5, 0.6) is 0 Å². The van der Waals surface area contributed by atoms with Crippen LogP contribution in [-0.4, -0.2) is 68.1 Å². The van der Waals surface area contributed by atoms with Crippen molar-refractivity contribution in [2.75, 3.05) is 40.3 Å². The van der Waals surface area contributed by atoms with Crippen molar-refractivity contribution in [3.05, 3.63) is 0 Å². The Morgan fingerprint density at radius 1 is 1.56 bits per heavy atom. The van der Waals surface area contributed by atoms with E-state index in [0.29, 0.717) is 19.6 Å². The molecule has 1 aliphatic heterocycles. The predicted molar refractivity (Wildman–Crippen MR) is 58.7 cm³/mol. The fourth-order valence-electron chi connectivity index (χ4n) is 1.56. The van der Waals surface area contributed by atoms with Gasteiger partial charge in [0.05, 0.1) is 19.1 Å². The quantitative estimate of drug-likeness (QED) is 0.647. The third-order valence-electron chi connectivity index (χ3n) is 2.81. The van der Waals surface area contributed by atoms with Crippen molar-refractivity contribution in [2.45, 2.75) is 12.5 Å². The molecule has 6 heteroatoms. The Labute approximate surface area is 95.3 Å². The first-order valence-electron chi connectivity index (χ1n) is 5.33. The van der Waals surface area contributed by atoms with Crippen LogP contribution in [0.2, 0.25) is 0 Å². The molecule has 6 nitrogen and oxygen atoms in total. The van der Waals surface area contributed by atoms with Crippen LogP contribution in [-0.2, 0) is 14.3 Å². The maximum absolute atomic E-state index is 11.8. The molecule has 0 spiro atoms. The van der Waals surface area contributed by atoms with Crippen LogP contribution >= 0.6 is 0 Å². The molecule has 0 radical (unpaired) electrons. The number of hydrogen-bond donors (Lipinski definition) is 1. The zero-order valence-electron chi connectivity index (χ0n) is 9.81. The zero-order chi connectivity index (χ0) is 12.1. The zero-order valence-corrected chi connectivity index (χ0v) is 9.81. The number of methoxy groups -OCH3 is 1. The number of carbonyl (C=O) groups is 2. The monoisotopic (exact) mass is 229 g/mol. The molecule has 1 heterocycles. The number of amides is 2. The van der Waals surface area contributed by atoms with Crippen molar-refractivity contribution in [2.24, 2.45) is 5.73 Å². The highest BCUT2D eigenvalue weighted by molar-refractivity contribution is 5.86. The number of rotatable bonds is 4. The normalized spacial score (nSPS) is 18.8. The lowest BCUT2D eigenvalue weighted by atomic mass is 10.2. The van der Waals surface area contributed by atoms with Gasteiger partial charge < -0.3 is 20.3 Å². The number of carbonyl (C=O) groups excluding carboxylic acids is 2. The highest BCUT2D eigenvalue weighted by atomic mass is 16.5. The van der Waals surface area contributed by atoms with Crippen molar-refractivity contribution in [1.29, 1.82) is 0 Å². The minimum Gasteiger partial charge on any atom is -0.380 e. The topological polar surface area (TPSA) is 75.9 Å². The Balaban J connectivity index is 2.45. The molecule has 2 N–H and O–H groups in total. The first-order chi connectivity index (χ1) is 7.58. The number of likely N-dealkylation sites (N-methyl/N-ethyl adjacent to an activating group) is 1. The fraction of sp³-hybridized carbons (Fsp3) is 0.800. The second-order valence-corrected chi connectivity index (χ2v) is 3.93. The van der Waals surface area contributed by atoms with Gasteiger partial charge in [-0.2, -0.15) is 0 Å². The summed E-state index contributed by atoms with van der Waals surface area (Å²) in [6.45, 7) is 1.65. The van der Waals surface area contributed by atoms with Gasteiger partial charge in [0.2, 0.25) is 11.8 Å². The van der Waals surface area contributed by atoms with E-state index in [4.69, 9.17) is 10.5 Å². The predicted octanol–water partition coefficient (Wildman–Crippen LogP) is -1.35. The number of nitrogens with two attached hydrogens (primary N) is 1. The lowest BCUT2D eigenvalue weighted by molar-refractivity contribution is -0.145. The van der Waals surface area contributed by atoms with Gasteiger partial charge in [-0.3, -0.25) is 9.59 Å². The van der Waals surface area contributed by atoms with E-state index in [1.165, 1.54) is 7.11 Å². The molecule has 0 aliphatic carbocycles. The fourth-order valence-corrected chi connectivity index (χ4v) is 1.56. The number of ether oxygens (including phenoxy) is 1. The summed E-state index contributed by atoms with van der Waals surface area (Å²) >= 11 is 0. The molecular weight excluding hydrogens is 210 g/mol. The Kier molecular flexibility index (Phi) is 4.70. The van der Waals surface area contributed by atoms with Gasteiger partial charge in [0, 0.05) is 33.8 Å². The van der Waals surface area contributed by atoms with E-state index >= 15 is 0 Å². The summed E-state index contributed by atoms with van der Waals surface area (Å²) in [5.41, 5.74) is 5.44. The molecule has 0 saturated carbocycles. The maximum Gasteiger partial charge on any atom is 0.241 e. The van der Waals surface area contributed by atoms with Gasteiger partial charge >= 0.3 is 0 Å². The average Bonchev–Trinajstić information content (AvgIpc) is 2.29. The van der Waals surface area contributed by atoms with Crippen LogP contribution in [0.25, 0.3) is 0 Å². The molecule has 1 rings (SSSR count). The van der Waals surface area contributed by atoms with Crippen molar-refractivity contribution in [3.63, 3.8) is 0 Å². The molecule has 0 aromatic heterocycles. The van der Waals surface area contributed by atoms with Gasteiger partial charge in [-0.05, 0) is 0 Å². The highest BCUT2D eigenvalue weighted by Gasteiger charge is 2.25. The van der Waals surface area contributed by atoms with Gasteiger partial charge in [-0.25, -0.2) is 0 Å². The van der Waals surface area contributed by atoms with Crippen LogP contribution in [0.15, 0.2) is 0 Å². The number of nitrogens with zero attached hydrogens (tertiary/aromatic N) is 2. The van der Waals surface area contributed by atoms with E-state index < -0.39 is 0 Å². The van der Waals surface area contributed by atoms with E-state index in [9.17, 15) is 9.59 Å². The highest BCUT2D eigenvalue weighted by Crippen LogP contribution is 2.06. The number of piperazine rings is 1. The van der Waals surface area contributed by atoms with Gasteiger partial charge in [0.1, 0.15) is 0 Å². The summed E-state index contributed by atoms with van der Waals surface area (Å²) in [5, 5.41) is 0. The summed E-state index contributed by atoms with van der Waals surface area (Å²) in [7, 11) is 3.27. The van der Waals surface area contributed by atoms with Gasteiger partial charge in [-0.1, -0.05) is 0 Å². The Hall–Kier alpha value is -1.14. The molecule has 0 aromatic carbocycles. The maximum atomic E-state index is 11.8. The summed E-state index contributed by atoms with van der Waals surface area (Å²) in [5.74, 6) is -0.0972. The van der Waals surface area contributed by atoms with E-state index in [2.05, 4.69) is 0 Å². The Morgan fingerprint density at radius 3 is 2.75 bits per heavy atom. The summed E-state index contributed by atoms with van der Waals surface area (Å²) < 4.78 is 5.04. The van der Waals surface area contributed by atoms with E-state index in [-0.39, 0.29) is 30.9 Å². The number of hydrogen-bond acceptors (Lipinski definition) is 4. The lowest BCUT2D eigenvalue weighted by Crippen LogP contribution is -2.51. The average molecular weight is 229 g/mol. The van der Waals surface area contributed by atoms with Crippen molar-refractivity contribution < 1.29 is 14.3 Å². The largest absolute Gasteiger partial charge is 0.380 e. The Morgan fingerprint density at radius 2 is 2.25 bits per heavy atom. The Bertz CT molecular complexity index is 266. The first-order valence-corrected chi connectivity index (χ1v) is 5.33. The molecule has 92 valence electrons. The standard InChI is InChI=1S/C10H19N3O3/c1-12-3-4-13(7-10(12)15)9(14)5-8(6-11)16-2/h8H,3-7,11H2,1-2H3. The van der Waals surface area contributed by atoms with Gasteiger partial charge in [-0.15, -0.1) is 0 Å². The second-order valence-electron chi connectivity index (χ2n) is 3.93. The molecule has 0 aromatic rings. The SMILES string of the molecule is COC(CN)CC(=O)N1CCN(C)C(=O)C1. The molecule has 1 saturated heterocycles. The van der Waals surface area contributed by atoms with E-state index in [0.717, 1.165) is 0 Å². The first kappa shape index (κ1) is 12.9. The van der Waals surface area contributed by atoms with Crippen molar-refractivity contribution >= 4 is 11.8 Å². The third-order valence-corrected chi connectivity index (χ3v) is 2.81. The molecule has 2 amide bonds. The molecule has 1 atom stereocenters. The summed E-state index contributed by atoms with van der Waals surface area (Å²) in [4.78, 5) is 26.4. The molecular formula is C10H19N3O3. The lowest BCUT2D eigenvalue weighted by Gasteiger charge is -2.32. The second kappa shape index (κ2) is 5.81. The minimum atomic E-state index is -0.262. The molecule has 16 heavy (non-hydrogen) atoms. The van der Waals surface area contributed by atoms with Crippen LogP contribution < -0.4 is 5.73 Å². The molecule has 1 unspecified atom stereocenters. The van der Waals surface area contributed by atoms with Crippen LogP contribution in [0, 0.1) is 0 Å². The molecule has 1 fully saturated rings. The summed E-state index contributed by atoms with van der Waals surface area (Å²) in [6, 6.07) is 0. The van der Waals surface area contributed by atoms with Crippen LogP contribution in [0.3, 0.4) is 0 Å². The van der Waals surface area contributed by atoms with Gasteiger partial charge in [0.25, 0.3) is 0 Å². The smallest absolute Gasteiger partial charge is 0.241 e. The van der Waals surface area contributed by atoms with Crippen molar-refractivity contribution in [1.82, 2.24) is 9.80 Å². The molecule has 0 bridgehead atoms. The van der Waals surface area contributed by atoms with Crippen LogP contribution in [0.4, 0.5) is 0 Å².